The molecule has 2 unspecified atom stereocenters. The van der Waals surface area contributed by atoms with Gasteiger partial charge in [-0.05, 0) is 71.6 Å². The normalized spacial score (nSPS) is 21.3. The summed E-state index contributed by atoms with van der Waals surface area (Å²) in [6.07, 6.45) is 7.38. The first-order chi connectivity index (χ1) is 16.0. The first kappa shape index (κ1) is 25.7. The van der Waals surface area contributed by atoms with Crippen molar-refractivity contribution in [3.63, 3.8) is 0 Å². The molecule has 0 spiro atoms. The summed E-state index contributed by atoms with van der Waals surface area (Å²) >= 11 is 0. The third kappa shape index (κ3) is 7.58. The minimum Gasteiger partial charge on any atom is -0.444 e. The van der Waals surface area contributed by atoms with Crippen LogP contribution in [0.2, 0.25) is 0 Å². The van der Waals surface area contributed by atoms with Crippen LogP contribution in [0.1, 0.15) is 72.6 Å². The highest BCUT2D eigenvalue weighted by atomic mass is 16.6. The van der Waals surface area contributed by atoms with Crippen LogP contribution in [0.4, 0.5) is 16.2 Å². The van der Waals surface area contributed by atoms with Crippen molar-refractivity contribution < 1.29 is 23.9 Å². The lowest BCUT2D eigenvalue weighted by atomic mass is 9.87. The Kier molecular flexibility index (Phi) is 8.36. The van der Waals surface area contributed by atoms with Crippen LogP contribution < -0.4 is 21.1 Å². The van der Waals surface area contributed by atoms with Gasteiger partial charge >= 0.3 is 12.1 Å². The van der Waals surface area contributed by atoms with Gasteiger partial charge in [0.1, 0.15) is 5.60 Å². The molecule has 186 valence electrons. The van der Waals surface area contributed by atoms with E-state index < -0.39 is 17.7 Å². The van der Waals surface area contributed by atoms with Crippen molar-refractivity contribution >= 4 is 29.3 Å². The Hall–Kier alpha value is -2.87. The number of allylic oxidation sites excluding steroid dienone is 1. The summed E-state index contributed by atoms with van der Waals surface area (Å²) in [5.74, 6) is -0.632. The van der Waals surface area contributed by atoms with E-state index in [2.05, 4.69) is 10.6 Å². The average molecular weight is 472 g/mol. The van der Waals surface area contributed by atoms with Crippen LogP contribution in [0.15, 0.2) is 29.8 Å². The summed E-state index contributed by atoms with van der Waals surface area (Å²) in [5.41, 5.74) is 7.14. The molecule has 0 aromatic heterocycles. The number of esters is 1. The van der Waals surface area contributed by atoms with E-state index in [0.29, 0.717) is 18.5 Å². The van der Waals surface area contributed by atoms with E-state index in [1.165, 1.54) is 0 Å². The molecule has 0 aliphatic heterocycles. The van der Waals surface area contributed by atoms with Gasteiger partial charge in [0.2, 0.25) is 5.91 Å². The molecular weight excluding hydrogens is 434 g/mol. The fourth-order valence-corrected chi connectivity index (χ4v) is 4.49. The zero-order valence-corrected chi connectivity index (χ0v) is 20.6. The average Bonchev–Trinajstić information content (AvgIpc) is 2.74. The number of nitrogens with one attached hydrogen (secondary N) is 2. The van der Waals surface area contributed by atoms with Gasteiger partial charge in [0.05, 0.1) is 11.6 Å². The van der Waals surface area contributed by atoms with Crippen LogP contribution in [0.5, 0.6) is 5.75 Å². The summed E-state index contributed by atoms with van der Waals surface area (Å²) in [5, 5.41) is 5.59. The summed E-state index contributed by atoms with van der Waals surface area (Å²) in [6.45, 7) is 7.22. The van der Waals surface area contributed by atoms with Crippen LogP contribution in [0.3, 0.4) is 0 Å². The van der Waals surface area contributed by atoms with Crippen molar-refractivity contribution in [3.8, 4) is 5.75 Å². The number of carbonyl (C=O) groups excluding carboxylic acids is 3. The highest BCUT2D eigenvalue weighted by Crippen LogP contribution is 2.32. The van der Waals surface area contributed by atoms with Crippen molar-refractivity contribution in [2.45, 2.75) is 84.3 Å². The maximum atomic E-state index is 12.9. The fraction of sp³-hybridized carbons (Fsp3) is 0.577. The van der Waals surface area contributed by atoms with Crippen LogP contribution >= 0.6 is 0 Å². The van der Waals surface area contributed by atoms with Gasteiger partial charge in [-0.3, -0.25) is 14.9 Å². The van der Waals surface area contributed by atoms with E-state index in [9.17, 15) is 14.4 Å². The van der Waals surface area contributed by atoms with E-state index >= 15 is 0 Å². The minimum absolute atomic E-state index is 0.0136. The highest BCUT2D eigenvalue weighted by Gasteiger charge is 2.28. The molecule has 0 heterocycles. The van der Waals surface area contributed by atoms with Crippen molar-refractivity contribution in [2.24, 2.45) is 17.6 Å². The Morgan fingerprint density at radius 2 is 1.74 bits per heavy atom. The summed E-state index contributed by atoms with van der Waals surface area (Å²) in [6, 6.07) is 4.64. The van der Waals surface area contributed by atoms with Crippen LogP contribution in [-0.2, 0) is 14.3 Å². The molecule has 0 radical (unpaired) electrons. The Bertz CT molecular complexity index is 944. The zero-order valence-electron chi connectivity index (χ0n) is 20.6. The maximum absolute atomic E-state index is 12.9. The molecule has 2 amide bonds. The topological polar surface area (TPSA) is 120 Å². The molecular formula is C26H37N3O5. The lowest BCUT2D eigenvalue weighted by Crippen LogP contribution is -2.32. The lowest BCUT2D eigenvalue weighted by molar-refractivity contribution is -0.139. The van der Waals surface area contributed by atoms with E-state index in [-0.39, 0.29) is 35.2 Å². The smallest absolute Gasteiger partial charge is 0.412 e. The Labute approximate surface area is 201 Å². The molecule has 8 heteroatoms. The third-order valence-corrected chi connectivity index (χ3v) is 6.03. The van der Waals surface area contributed by atoms with Crippen LogP contribution in [0.25, 0.3) is 0 Å². The Balaban J connectivity index is 1.78. The monoisotopic (exact) mass is 471 g/mol. The first-order valence-corrected chi connectivity index (χ1v) is 12.1. The number of hydrogen-bond acceptors (Lipinski definition) is 6. The summed E-state index contributed by atoms with van der Waals surface area (Å²) in [4.78, 5) is 38.0. The third-order valence-electron chi connectivity index (χ3n) is 6.03. The molecule has 1 aromatic carbocycles. The van der Waals surface area contributed by atoms with E-state index in [0.717, 1.165) is 37.7 Å². The van der Waals surface area contributed by atoms with Gasteiger partial charge in [-0.25, -0.2) is 4.79 Å². The van der Waals surface area contributed by atoms with Gasteiger partial charge in [-0.1, -0.05) is 30.9 Å². The molecule has 2 aliphatic carbocycles. The Morgan fingerprint density at radius 3 is 2.38 bits per heavy atom. The van der Waals surface area contributed by atoms with Gasteiger partial charge < -0.3 is 20.5 Å². The molecule has 34 heavy (non-hydrogen) atoms. The van der Waals surface area contributed by atoms with Crippen LogP contribution in [0, 0.1) is 11.8 Å². The Morgan fingerprint density at radius 1 is 1.03 bits per heavy atom. The van der Waals surface area contributed by atoms with Crippen LogP contribution in [-0.4, -0.2) is 29.6 Å². The highest BCUT2D eigenvalue weighted by molar-refractivity contribution is 5.95. The predicted octanol–water partition coefficient (Wildman–Crippen LogP) is 5.14. The second kappa shape index (κ2) is 11.0. The second-order valence-electron chi connectivity index (χ2n) is 10.4. The van der Waals surface area contributed by atoms with Gasteiger partial charge in [0, 0.05) is 17.6 Å². The van der Waals surface area contributed by atoms with E-state index in [1.807, 2.05) is 13.0 Å². The van der Waals surface area contributed by atoms with Gasteiger partial charge in [-0.2, -0.15) is 0 Å². The molecule has 1 saturated carbocycles. The van der Waals surface area contributed by atoms with Crippen molar-refractivity contribution in [1.29, 1.82) is 0 Å². The van der Waals surface area contributed by atoms with Gasteiger partial charge in [0.15, 0.2) is 5.75 Å². The molecule has 2 atom stereocenters. The minimum atomic E-state index is -0.699. The number of ether oxygens (including phenoxy) is 2. The maximum Gasteiger partial charge on any atom is 0.412 e. The van der Waals surface area contributed by atoms with E-state index in [1.54, 1.807) is 39.0 Å². The van der Waals surface area contributed by atoms with E-state index in [4.69, 9.17) is 15.2 Å². The molecule has 0 saturated heterocycles. The number of hydrogen-bond donors (Lipinski definition) is 3. The molecule has 8 nitrogen and oxygen atoms in total. The molecule has 4 N–H and O–H groups in total. The molecule has 0 bridgehead atoms. The number of amides is 2. The largest absolute Gasteiger partial charge is 0.444 e. The molecule has 3 rings (SSSR count). The standard InChI is InChI=1S/C26H37N3O5/c1-16-12-18(14-19(27)13-16)24(31)33-22-11-10-20(28-23(30)17-8-6-5-7-9-17)15-21(22)29-25(32)34-26(2,3)4/h10-11,13,15,17-19H,5-9,12,14,27H2,1-4H3,(H,28,30)(H,29,32). The molecule has 1 aromatic rings. The lowest BCUT2D eigenvalue weighted by Gasteiger charge is -2.25. The van der Waals surface area contributed by atoms with Gasteiger partial charge in [-0.15, -0.1) is 0 Å². The summed E-state index contributed by atoms with van der Waals surface area (Å²) < 4.78 is 11.0. The number of rotatable bonds is 5. The number of anilines is 2. The van der Waals surface area contributed by atoms with Crippen molar-refractivity contribution in [1.82, 2.24) is 0 Å². The summed E-state index contributed by atoms with van der Waals surface area (Å²) in [7, 11) is 0. The predicted molar refractivity (Wildman–Crippen MR) is 132 cm³/mol. The van der Waals surface area contributed by atoms with Gasteiger partial charge in [0.25, 0.3) is 0 Å². The zero-order chi connectivity index (χ0) is 24.9. The fourth-order valence-electron chi connectivity index (χ4n) is 4.49. The quantitative estimate of drug-likeness (QED) is 0.311. The molecule has 2 aliphatic rings. The number of carbonyl (C=O) groups is 3. The number of benzene rings is 1. The SMILES string of the molecule is CC1=CC(N)CC(C(=O)Oc2ccc(NC(=O)C3CCCCC3)cc2NC(=O)OC(C)(C)C)C1. The van der Waals surface area contributed by atoms with Crippen molar-refractivity contribution in [2.75, 3.05) is 10.6 Å². The van der Waals surface area contributed by atoms with Crippen molar-refractivity contribution in [3.05, 3.63) is 29.8 Å². The number of nitrogens with two attached hydrogens (primary N) is 1. The second-order valence-corrected chi connectivity index (χ2v) is 10.4. The molecule has 1 fully saturated rings. The first-order valence-electron chi connectivity index (χ1n) is 12.1.